The van der Waals surface area contributed by atoms with E-state index in [1.807, 2.05) is 11.5 Å². The number of rotatable bonds is 8. The second-order valence-corrected chi connectivity index (χ2v) is 7.83. The number of carboxylic acids is 1. The number of carboxylic acid groups (broad SMARTS) is 1. The molecule has 2 N–H and O–H groups in total. The number of hydrogen-bond donors (Lipinski definition) is 2. The Labute approximate surface area is 195 Å². The van der Waals surface area contributed by atoms with Crippen molar-refractivity contribution < 1.29 is 23.4 Å². The predicted octanol–water partition coefficient (Wildman–Crippen LogP) is 5.20. The molecule has 0 aliphatic carbocycles. The van der Waals surface area contributed by atoms with Crippen LogP contribution in [0.3, 0.4) is 0 Å². The normalized spacial score (nSPS) is 11.1. The van der Waals surface area contributed by atoms with Gasteiger partial charge in [-0.15, -0.1) is 0 Å². The summed E-state index contributed by atoms with van der Waals surface area (Å²) in [5.74, 6) is -1.39. The number of ether oxygens (including phenoxy) is 1. The first-order valence-corrected chi connectivity index (χ1v) is 10.8. The van der Waals surface area contributed by atoms with E-state index in [0.29, 0.717) is 53.2 Å². The number of nitrogens with one attached hydrogen (secondary N) is 1. The number of anilines is 1. The van der Waals surface area contributed by atoms with Gasteiger partial charge in [0.1, 0.15) is 35.1 Å². The first-order valence-electron chi connectivity index (χ1n) is 10.8. The van der Waals surface area contributed by atoms with Gasteiger partial charge in [-0.2, -0.15) is 0 Å². The van der Waals surface area contributed by atoms with E-state index in [-0.39, 0.29) is 11.3 Å². The molecule has 0 aliphatic heterocycles. The minimum Gasteiger partial charge on any atom is -0.493 e. The molecule has 0 bridgehead atoms. The molecule has 0 atom stereocenters. The molecule has 0 amide bonds. The summed E-state index contributed by atoms with van der Waals surface area (Å²) in [4.78, 5) is 19.9. The summed E-state index contributed by atoms with van der Waals surface area (Å²) in [5.41, 5.74) is 2.99. The Morgan fingerprint density at radius 3 is 2.65 bits per heavy atom. The van der Waals surface area contributed by atoms with Crippen molar-refractivity contribution in [1.29, 1.82) is 0 Å². The Kier molecular flexibility index (Phi) is 6.45. The standard InChI is InChI=1S/C25H24F2N4O3/c1-4-34-22-10-16(5-6-17(22)25(32)33)21-12-23(30-13-29-21)28-7-8-31-14(2)9-18-15(3)19(26)11-20(27)24(18)31/h5-6,9-13H,4,7-8H2,1-3H3,(H,32,33)(H,28,29,30). The highest BCUT2D eigenvalue weighted by Gasteiger charge is 2.16. The van der Waals surface area contributed by atoms with Crippen LogP contribution in [0, 0.1) is 25.5 Å². The molecule has 2 aromatic heterocycles. The van der Waals surface area contributed by atoms with Crippen molar-refractivity contribution in [3.8, 4) is 17.0 Å². The smallest absolute Gasteiger partial charge is 0.339 e. The van der Waals surface area contributed by atoms with Gasteiger partial charge in [-0.25, -0.2) is 23.5 Å². The Balaban J connectivity index is 1.54. The SMILES string of the molecule is CCOc1cc(-c2cc(NCCn3c(C)cc4c(C)c(F)cc(F)c43)ncn2)ccc1C(=O)O. The van der Waals surface area contributed by atoms with E-state index in [1.165, 1.54) is 12.4 Å². The lowest BCUT2D eigenvalue weighted by Gasteiger charge is -2.12. The van der Waals surface area contributed by atoms with Gasteiger partial charge >= 0.3 is 5.97 Å². The molecular formula is C25H24F2N4O3. The van der Waals surface area contributed by atoms with Crippen LogP contribution < -0.4 is 10.1 Å². The van der Waals surface area contributed by atoms with Crippen molar-refractivity contribution in [3.05, 3.63) is 71.2 Å². The molecule has 0 saturated heterocycles. The third-order valence-electron chi connectivity index (χ3n) is 5.66. The average Bonchev–Trinajstić information content (AvgIpc) is 3.14. The van der Waals surface area contributed by atoms with Crippen molar-refractivity contribution in [2.45, 2.75) is 27.3 Å². The zero-order valence-corrected chi connectivity index (χ0v) is 19.0. The van der Waals surface area contributed by atoms with E-state index >= 15 is 0 Å². The lowest BCUT2D eigenvalue weighted by molar-refractivity contribution is 0.0692. The first-order chi connectivity index (χ1) is 16.3. The highest BCUT2D eigenvalue weighted by Crippen LogP contribution is 2.29. The van der Waals surface area contributed by atoms with Gasteiger partial charge in [0.2, 0.25) is 0 Å². The highest BCUT2D eigenvalue weighted by molar-refractivity contribution is 5.92. The van der Waals surface area contributed by atoms with Crippen LogP contribution in [-0.2, 0) is 6.54 Å². The first kappa shape index (κ1) is 23.2. The maximum Gasteiger partial charge on any atom is 0.339 e. The summed E-state index contributed by atoms with van der Waals surface area (Å²) >= 11 is 0. The molecule has 0 unspecified atom stereocenters. The van der Waals surface area contributed by atoms with Crippen LogP contribution in [0.2, 0.25) is 0 Å². The lowest BCUT2D eigenvalue weighted by Crippen LogP contribution is -2.13. The zero-order chi connectivity index (χ0) is 24.4. The maximum absolute atomic E-state index is 14.5. The average molecular weight is 466 g/mol. The molecule has 0 spiro atoms. The van der Waals surface area contributed by atoms with Crippen molar-refractivity contribution in [1.82, 2.24) is 14.5 Å². The summed E-state index contributed by atoms with van der Waals surface area (Å²) in [6, 6.07) is 9.24. The fourth-order valence-corrected chi connectivity index (χ4v) is 3.97. The molecule has 9 heteroatoms. The van der Waals surface area contributed by atoms with Crippen LogP contribution >= 0.6 is 0 Å². The van der Waals surface area contributed by atoms with E-state index in [1.54, 1.807) is 38.1 Å². The van der Waals surface area contributed by atoms with Crippen molar-refractivity contribution in [3.63, 3.8) is 0 Å². The monoisotopic (exact) mass is 466 g/mol. The van der Waals surface area contributed by atoms with E-state index in [4.69, 9.17) is 4.74 Å². The molecule has 2 heterocycles. The van der Waals surface area contributed by atoms with E-state index in [2.05, 4.69) is 15.3 Å². The molecule has 2 aromatic carbocycles. The molecule has 7 nitrogen and oxygen atoms in total. The van der Waals surface area contributed by atoms with E-state index in [0.717, 1.165) is 11.8 Å². The molecule has 0 aliphatic rings. The van der Waals surface area contributed by atoms with Crippen LogP contribution in [0.15, 0.2) is 42.7 Å². The minimum absolute atomic E-state index is 0.0784. The second kappa shape index (κ2) is 9.46. The van der Waals surface area contributed by atoms with E-state index < -0.39 is 17.6 Å². The molecular weight excluding hydrogens is 442 g/mol. The van der Waals surface area contributed by atoms with Gasteiger partial charge < -0.3 is 19.7 Å². The molecule has 0 radical (unpaired) electrons. The highest BCUT2D eigenvalue weighted by atomic mass is 19.1. The van der Waals surface area contributed by atoms with Gasteiger partial charge in [0.15, 0.2) is 0 Å². The van der Waals surface area contributed by atoms with Gasteiger partial charge in [-0.3, -0.25) is 0 Å². The molecule has 34 heavy (non-hydrogen) atoms. The largest absolute Gasteiger partial charge is 0.493 e. The van der Waals surface area contributed by atoms with Crippen LogP contribution in [0.1, 0.15) is 28.5 Å². The third kappa shape index (κ3) is 4.41. The number of halogens is 2. The summed E-state index contributed by atoms with van der Waals surface area (Å²) < 4.78 is 35.7. The number of aromatic carboxylic acids is 1. The van der Waals surface area contributed by atoms with Crippen molar-refractivity contribution >= 4 is 22.7 Å². The van der Waals surface area contributed by atoms with Gasteiger partial charge in [-0.05, 0) is 44.5 Å². The topological polar surface area (TPSA) is 89.3 Å². The Morgan fingerprint density at radius 2 is 1.91 bits per heavy atom. The quantitative estimate of drug-likeness (QED) is 0.371. The number of hydrogen-bond acceptors (Lipinski definition) is 5. The molecule has 0 fully saturated rings. The maximum atomic E-state index is 14.5. The number of aromatic nitrogens is 3. The second-order valence-electron chi connectivity index (χ2n) is 7.83. The zero-order valence-electron chi connectivity index (χ0n) is 19.0. The summed E-state index contributed by atoms with van der Waals surface area (Å²) in [6.07, 6.45) is 1.41. The van der Waals surface area contributed by atoms with Crippen molar-refractivity contribution in [2.75, 3.05) is 18.5 Å². The summed E-state index contributed by atoms with van der Waals surface area (Å²) in [5, 5.41) is 13.1. The van der Waals surface area contributed by atoms with Crippen LogP contribution in [0.5, 0.6) is 5.75 Å². The number of fused-ring (bicyclic) bond motifs is 1. The molecule has 0 saturated carbocycles. The van der Waals surface area contributed by atoms with Gasteiger partial charge in [0.05, 0.1) is 17.8 Å². The third-order valence-corrected chi connectivity index (χ3v) is 5.66. The Hall–Kier alpha value is -4.01. The predicted molar refractivity (Wildman–Crippen MR) is 125 cm³/mol. The number of nitrogens with zero attached hydrogens (tertiary/aromatic N) is 3. The van der Waals surface area contributed by atoms with Gasteiger partial charge in [0.25, 0.3) is 0 Å². The molecule has 4 rings (SSSR count). The molecule has 4 aromatic rings. The summed E-state index contributed by atoms with van der Waals surface area (Å²) in [6.45, 7) is 6.50. The number of aryl methyl sites for hydroxylation is 2. The van der Waals surface area contributed by atoms with E-state index in [9.17, 15) is 18.7 Å². The van der Waals surface area contributed by atoms with Crippen LogP contribution in [-0.4, -0.2) is 38.8 Å². The lowest BCUT2D eigenvalue weighted by atomic mass is 10.1. The van der Waals surface area contributed by atoms with Crippen LogP contribution in [0.4, 0.5) is 14.6 Å². The molecule has 176 valence electrons. The van der Waals surface area contributed by atoms with Crippen LogP contribution in [0.25, 0.3) is 22.2 Å². The minimum atomic E-state index is -1.07. The fourth-order valence-electron chi connectivity index (χ4n) is 3.97. The fraction of sp³-hybridized carbons (Fsp3) is 0.240. The Bertz CT molecular complexity index is 1380. The van der Waals surface area contributed by atoms with Gasteiger partial charge in [0, 0.05) is 41.9 Å². The summed E-state index contributed by atoms with van der Waals surface area (Å²) in [7, 11) is 0. The number of benzene rings is 2. The Morgan fingerprint density at radius 1 is 1.12 bits per heavy atom. The number of carbonyl (C=O) groups is 1. The van der Waals surface area contributed by atoms with Crippen molar-refractivity contribution in [2.24, 2.45) is 0 Å². The van der Waals surface area contributed by atoms with Gasteiger partial charge in [-0.1, -0.05) is 6.07 Å².